The van der Waals surface area contributed by atoms with E-state index in [1.54, 1.807) is 28.6 Å². The molecule has 1 aliphatic rings. The molecule has 5 aromatic rings. The maximum atomic E-state index is 14.7. The predicted molar refractivity (Wildman–Crippen MR) is 144 cm³/mol. The second kappa shape index (κ2) is 9.55. The summed E-state index contributed by atoms with van der Waals surface area (Å²) in [5.41, 5.74) is 13.0. The summed E-state index contributed by atoms with van der Waals surface area (Å²) < 4.78 is 28.6. The highest BCUT2D eigenvalue weighted by Gasteiger charge is 2.37. The van der Waals surface area contributed by atoms with Crippen molar-refractivity contribution in [3.63, 3.8) is 0 Å². The van der Waals surface area contributed by atoms with Gasteiger partial charge in [-0.05, 0) is 59.0 Å². The molecule has 0 saturated carbocycles. The van der Waals surface area contributed by atoms with Crippen LogP contribution in [0.1, 0.15) is 35.1 Å². The molecule has 0 aliphatic heterocycles. The lowest BCUT2D eigenvalue weighted by Crippen LogP contribution is -2.09. The number of hydrogen-bond acceptors (Lipinski definition) is 4. The fourth-order valence-electron chi connectivity index (χ4n) is 5.08. The first-order valence-electron chi connectivity index (χ1n) is 12.0. The Kier molecular flexibility index (Phi) is 5.93. The number of azide groups is 1. The summed E-state index contributed by atoms with van der Waals surface area (Å²) in [7, 11) is -3.96. The molecule has 0 amide bonds. The largest absolute Gasteiger partial charge is 0.548 e. The van der Waals surface area contributed by atoms with Crippen molar-refractivity contribution in [3.05, 3.63) is 143 Å². The lowest BCUT2D eigenvalue weighted by Gasteiger charge is -2.21. The lowest BCUT2D eigenvalue weighted by atomic mass is 9.93. The van der Waals surface area contributed by atoms with E-state index < -0.39 is 7.75 Å². The van der Waals surface area contributed by atoms with E-state index in [0.717, 1.165) is 27.6 Å². The Hall–Kier alpha value is -4.44. The van der Waals surface area contributed by atoms with Gasteiger partial charge in [0.2, 0.25) is 0 Å². The van der Waals surface area contributed by atoms with Crippen molar-refractivity contribution in [3.8, 4) is 11.5 Å². The first-order chi connectivity index (χ1) is 18.2. The summed E-state index contributed by atoms with van der Waals surface area (Å²) in [4.78, 5) is 3.08. The molecule has 1 aromatic heterocycles. The van der Waals surface area contributed by atoms with Crippen molar-refractivity contribution in [1.82, 2.24) is 4.34 Å². The lowest BCUT2D eigenvalue weighted by molar-refractivity contribution is 0.376. The minimum absolute atomic E-state index is 0.0419. The van der Waals surface area contributed by atoms with E-state index in [-0.39, 0.29) is 12.0 Å². The molecule has 0 spiro atoms. The Morgan fingerprint density at radius 1 is 0.757 bits per heavy atom. The second-order valence-electron chi connectivity index (χ2n) is 8.86. The van der Waals surface area contributed by atoms with E-state index in [1.807, 2.05) is 85.1 Å². The number of para-hydroxylation sites is 3. The molecule has 0 radical (unpaired) electrons. The van der Waals surface area contributed by atoms with Gasteiger partial charge in [0.05, 0.1) is 11.6 Å². The van der Waals surface area contributed by atoms with Gasteiger partial charge in [-0.2, -0.15) is 0 Å². The molecule has 37 heavy (non-hydrogen) atoms. The smallest absolute Gasteiger partial charge is 0.400 e. The van der Waals surface area contributed by atoms with Crippen molar-refractivity contribution in [2.45, 2.75) is 18.4 Å². The number of nitrogens with zero attached hydrogens (tertiary/aromatic N) is 4. The van der Waals surface area contributed by atoms with Crippen molar-refractivity contribution in [2.24, 2.45) is 5.11 Å². The average Bonchev–Trinajstić information content (AvgIpc) is 3.49. The van der Waals surface area contributed by atoms with Crippen LogP contribution in [-0.4, -0.2) is 4.34 Å². The third kappa shape index (κ3) is 4.25. The normalized spacial score (nSPS) is 16.6. The minimum atomic E-state index is -3.96. The third-order valence-corrected chi connectivity index (χ3v) is 8.41. The fraction of sp³-hybridized carbons (Fsp3) is 0.103. The molecular weight excluding hydrogens is 483 g/mol. The van der Waals surface area contributed by atoms with Crippen LogP contribution in [0.25, 0.3) is 21.3 Å². The molecular formula is C29H23N4O3P. The molecule has 6 rings (SSSR count). The van der Waals surface area contributed by atoms with Gasteiger partial charge in [-0.25, -0.2) is 8.90 Å². The van der Waals surface area contributed by atoms with Gasteiger partial charge >= 0.3 is 7.75 Å². The second-order valence-corrected chi connectivity index (χ2v) is 10.6. The van der Waals surface area contributed by atoms with Gasteiger partial charge in [-0.1, -0.05) is 84.0 Å². The molecule has 0 N–H and O–H groups in total. The molecule has 4 aromatic carbocycles. The van der Waals surface area contributed by atoms with Crippen LogP contribution in [0.2, 0.25) is 0 Å². The third-order valence-electron chi connectivity index (χ3n) is 6.67. The highest BCUT2D eigenvalue weighted by Crippen LogP contribution is 2.55. The van der Waals surface area contributed by atoms with E-state index >= 15 is 0 Å². The van der Waals surface area contributed by atoms with E-state index in [9.17, 15) is 4.57 Å². The number of rotatable bonds is 7. The van der Waals surface area contributed by atoms with E-state index in [0.29, 0.717) is 17.9 Å². The molecule has 1 aliphatic carbocycles. The fourth-order valence-corrected chi connectivity index (χ4v) is 6.77. The van der Waals surface area contributed by atoms with Gasteiger partial charge in [0.1, 0.15) is 11.5 Å². The first kappa shape index (κ1) is 23.0. The topological polar surface area (TPSA) is 89.2 Å². The van der Waals surface area contributed by atoms with Gasteiger partial charge in [-0.15, -0.1) is 0 Å². The van der Waals surface area contributed by atoms with Crippen molar-refractivity contribution in [1.29, 1.82) is 0 Å². The zero-order valence-electron chi connectivity index (χ0n) is 19.8. The molecule has 0 bridgehead atoms. The van der Waals surface area contributed by atoms with Gasteiger partial charge in [-0.3, -0.25) is 0 Å². The van der Waals surface area contributed by atoms with Crippen LogP contribution >= 0.6 is 7.75 Å². The van der Waals surface area contributed by atoms with Gasteiger partial charge in [0, 0.05) is 22.4 Å². The Morgan fingerprint density at radius 2 is 1.32 bits per heavy atom. The molecule has 7 nitrogen and oxygen atoms in total. The summed E-state index contributed by atoms with van der Waals surface area (Å²) in [6.45, 7) is 0. The monoisotopic (exact) mass is 506 g/mol. The molecule has 8 heteroatoms. The van der Waals surface area contributed by atoms with Crippen LogP contribution in [0, 0.1) is 0 Å². The molecule has 0 unspecified atom stereocenters. The maximum Gasteiger partial charge on any atom is 0.548 e. The van der Waals surface area contributed by atoms with Crippen LogP contribution in [-0.2, 0) is 4.57 Å². The van der Waals surface area contributed by atoms with Crippen LogP contribution < -0.4 is 9.05 Å². The quantitative estimate of drug-likeness (QED) is 0.0957. The number of fused-ring (bicyclic) bond motifs is 2. The van der Waals surface area contributed by atoms with Crippen LogP contribution in [0.4, 0.5) is 0 Å². The van der Waals surface area contributed by atoms with Crippen molar-refractivity contribution >= 4 is 18.6 Å². The van der Waals surface area contributed by atoms with E-state index in [1.165, 1.54) is 0 Å². The van der Waals surface area contributed by atoms with Crippen LogP contribution in [0.3, 0.4) is 0 Å². The number of aromatic nitrogens is 1. The summed E-state index contributed by atoms with van der Waals surface area (Å²) in [6, 6.07) is 33.6. The summed E-state index contributed by atoms with van der Waals surface area (Å²) in [5.74, 6) is 0.839. The van der Waals surface area contributed by atoms with Gasteiger partial charge < -0.3 is 9.05 Å². The molecule has 0 saturated heterocycles. The van der Waals surface area contributed by atoms with Gasteiger partial charge in [0.15, 0.2) is 0 Å². The molecule has 182 valence electrons. The summed E-state index contributed by atoms with van der Waals surface area (Å²) in [5, 5.41) is 5.00. The Bertz CT molecular complexity index is 1620. The van der Waals surface area contributed by atoms with Crippen molar-refractivity contribution < 1.29 is 13.6 Å². The van der Waals surface area contributed by atoms with E-state index in [4.69, 9.17) is 14.6 Å². The number of hydrogen-bond donors (Lipinski definition) is 0. The molecule has 1 heterocycles. The standard InChI is InChI=1S/C29H23N4O3P/c30-32-31-28-19-26(23-15-7-8-16-24(23)28)27-20-33(29-18-10-9-17-25(27)29)37(34,35-21-11-3-1-4-12-21)36-22-13-5-2-6-14-22/h1-18,20,26,28H,19H2/t26-,28-/m1/s1. The number of benzene rings is 4. The Balaban J connectivity index is 1.52. The molecule has 2 atom stereocenters. The summed E-state index contributed by atoms with van der Waals surface area (Å²) in [6.07, 6.45) is 2.50. The molecule has 0 fully saturated rings. The van der Waals surface area contributed by atoms with E-state index in [2.05, 4.69) is 16.1 Å². The zero-order chi connectivity index (χ0) is 25.2. The first-order valence-corrected chi connectivity index (χ1v) is 13.5. The van der Waals surface area contributed by atoms with Crippen LogP contribution in [0.5, 0.6) is 11.5 Å². The Labute approximate surface area is 214 Å². The minimum Gasteiger partial charge on any atom is -0.400 e. The highest BCUT2D eigenvalue weighted by atomic mass is 31.2. The summed E-state index contributed by atoms with van der Waals surface area (Å²) >= 11 is 0. The average molecular weight is 507 g/mol. The highest BCUT2D eigenvalue weighted by molar-refractivity contribution is 7.53. The van der Waals surface area contributed by atoms with Crippen molar-refractivity contribution in [2.75, 3.05) is 0 Å². The zero-order valence-corrected chi connectivity index (χ0v) is 20.7. The van der Waals surface area contributed by atoms with Crippen LogP contribution in [0.15, 0.2) is 121 Å². The predicted octanol–water partition coefficient (Wildman–Crippen LogP) is 8.64. The maximum absolute atomic E-state index is 14.7. The SMILES string of the molecule is [N-]=[N+]=N[C@@H]1C[C@@H](c2cn(P(=O)(Oc3ccccc3)Oc3ccccc3)c3ccccc23)c2ccccc21. The Morgan fingerprint density at radius 3 is 1.97 bits per heavy atom. The van der Waals surface area contributed by atoms with Gasteiger partial charge in [0.25, 0.3) is 0 Å².